The Morgan fingerprint density at radius 2 is 1.67 bits per heavy atom. The number of amides is 1. The summed E-state index contributed by atoms with van der Waals surface area (Å²) in [5.41, 5.74) is 11.5. The molecule has 0 radical (unpaired) electrons. The third-order valence-corrected chi connectivity index (χ3v) is 12.7. The zero-order valence-electron chi connectivity index (χ0n) is 31.2. The second-order valence-corrected chi connectivity index (χ2v) is 16.9. The Bertz CT molecular complexity index is 2150. The molecule has 318 valence electrons. The van der Waals surface area contributed by atoms with Crippen molar-refractivity contribution in [2.24, 2.45) is 5.73 Å². The summed E-state index contributed by atoms with van der Waals surface area (Å²) in [7, 11) is -11.2. The number of phosphoric acid groups is 2. The summed E-state index contributed by atoms with van der Waals surface area (Å²) in [4.78, 5) is 61.1. The Balaban J connectivity index is 0.000000839. The van der Waals surface area contributed by atoms with Crippen molar-refractivity contribution >= 4 is 56.2 Å². The van der Waals surface area contributed by atoms with Gasteiger partial charge in [0.05, 0.1) is 23.0 Å². The Morgan fingerprint density at radius 3 is 2.29 bits per heavy atom. The molecular formula is C32H44N8O15P2S. The van der Waals surface area contributed by atoms with Crippen LogP contribution < -0.4 is 20.9 Å². The van der Waals surface area contributed by atoms with Gasteiger partial charge in [-0.1, -0.05) is 20.8 Å². The van der Waals surface area contributed by atoms with Crippen LogP contribution in [0.5, 0.6) is 0 Å². The number of aldehydes is 1. The van der Waals surface area contributed by atoms with Crippen molar-refractivity contribution < 1.29 is 76.3 Å². The van der Waals surface area contributed by atoms with Gasteiger partial charge < -0.3 is 60.6 Å². The number of nitrogens with zero attached hydrogens (tertiary/aromatic N) is 6. The average Bonchev–Trinajstić information content (AvgIpc) is 3.95. The molecule has 26 heteroatoms. The number of carbonyl (C=O) groups excluding carboxylic acids is 2. The summed E-state index contributed by atoms with van der Waals surface area (Å²) in [6.45, 7) is 8.15. The third-order valence-electron chi connectivity index (χ3n) is 9.14. The minimum atomic E-state index is -5.68. The van der Waals surface area contributed by atoms with Gasteiger partial charge in [0.2, 0.25) is 0 Å². The Labute approximate surface area is 334 Å². The predicted molar refractivity (Wildman–Crippen MR) is 199 cm³/mol. The van der Waals surface area contributed by atoms with E-state index in [0.29, 0.717) is 16.0 Å². The van der Waals surface area contributed by atoms with E-state index in [9.17, 15) is 48.9 Å². The summed E-state index contributed by atoms with van der Waals surface area (Å²) in [6.07, 6.45) is -8.27. The lowest BCUT2D eigenvalue weighted by molar-refractivity contribution is -0.765. The fraction of sp³-hybridized carbons (Fsp3) is 0.500. The van der Waals surface area contributed by atoms with Crippen molar-refractivity contribution in [3.05, 3.63) is 53.4 Å². The molecule has 10 atom stereocenters. The Hall–Kier alpha value is -3.68. The van der Waals surface area contributed by atoms with Crippen molar-refractivity contribution in [3.63, 3.8) is 0 Å². The topological polar surface area (TPSA) is 341 Å². The number of fused-ring (bicyclic) bond motifs is 1. The molecular weight excluding hydrogens is 830 g/mol. The lowest BCUT2D eigenvalue weighted by atomic mass is 10.1. The number of aliphatic hydroxyl groups excluding tert-OH is 4. The van der Waals surface area contributed by atoms with Crippen molar-refractivity contribution in [1.29, 1.82) is 0 Å². The van der Waals surface area contributed by atoms with Crippen molar-refractivity contribution in [1.82, 2.24) is 24.4 Å². The molecule has 2 fully saturated rings. The van der Waals surface area contributed by atoms with E-state index in [0.717, 1.165) is 17.7 Å². The molecule has 2 aliphatic heterocycles. The normalized spacial score (nSPS) is 26.6. The Morgan fingerprint density at radius 1 is 1.02 bits per heavy atom. The van der Waals surface area contributed by atoms with Crippen LogP contribution in [0.25, 0.3) is 21.9 Å². The van der Waals surface area contributed by atoms with E-state index in [-0.39, 0.29) is 28.4 Å². The molecule has 4 aromatic heterocycles. The minimum absolute atomic E-state index is 0.0263. The first-order chi connectivity index (χ1) is 27.4. The number of carbonyl (C=O) groups is 2. The summed E-state index contributed by atoms with van der Waals surface area (Å²) in [6, 6.07) is 5.90. The minimum Gasteiger partial charge on any atom is -0.756 e. The predicted octanol–water partition coefficient (Wildman–Crippen LogP) is -0.759. The number of primary amides is 1. The summed E-state index contributed by atoms with van der Waals surface area (Å²) < 4.78 is 52.5. The van der Waals surface area contributed by atoms with Gasteiger partial charge >= 0.3 is 7.82 Å². The summed E-state index contributed by atoms with van der Waals surface area (Å²) in [5.74, 6) is -0.684. The van der Waals surface area contributed by atoms with Gasteiger partial charge in [-0.15, -0.1) is 11.3 Å². The van der Waals surface area contributed by atoms with E-state index >= 15 is 0 Å². The second kappa shape index (κ2) is 19.1. The van der Waals surface area contributed by atoms with Gasteiger partial charge in [-0.25, -0.2) is 23.8 Å². The van der Waals surface area contributed by atoms with E-state index in [2.05, 4.69) is 49.5 Å². The zero-order chi connectivity index (χ0) is 42.5. The first-order valence-corrected chi connectivity index (χ1v) is 21.4. The fourth-order valence-electron chi connectivity index (χ4n) is 6.04. The molecule has 0 saturated carbocycles. The molecule has 4 aromatic rings. The second-order valence-electron chi connectivity index (χ2n) is 12.8. The standard InChI is InChI=1S/C26H29N7O15P2S.C6H15N/c27-21-16-24(30-10-29-21)33(23(31-16)15-4-3-12(7-34)51-15)26-20(38)18(36)14(47-26)9-45-50(42,43)48-49(40,41)44-8-13-17(35)19(37)25(46-13)32-5-1-2-11(6-32)22(28)39;1-4-7(5-2)6-3/h1-7,10,13-14,17-20,25-26,35-38H,8-9H2,(H5-,27,28,29,30,34,39,40,41,42,43);4-6H2,1-3H3/t13-,14-,17-,18-,19-,20-,25-,26-;/m1./s1. The van der Waals surface area contributed by atoms with Crippen LogP contribution >= 0.6 is 27.0 Å². The van der Waals surface area contributed by atoms with Gasteiger partial charge in [-0.3, -0.25) is 23.2 Å². The quantitative estimate of drug-likeness (QED) is 0.0413. The first-order valence-electron chi connectivity index (χ1n) is 17.7. The molecule has 6 rings (SSSR count). The maximum atomic E-state index is 12.6. The van der Waals surface area contributed by atoms with Crippen LogP contribution in [-0.2, 0) is 32.0 Å². The number of anilines is 1. The number of aromatic nitrogens is 5. The molecule has 2 aliphatic rings. The van der Waals surface area contributed by atoms with Gasteiger partial charge in [-0.05, 0) is 37.8 Å². The van der Waals surface area contributed by atoms with Crippen LogP contribution in [0.4, 0.5) is 5.82 Å². The number of pyridine rings is 1. The van der Waals surface area contributed by atoms with Crippen LogP contribution in [-0.4, -0.2) is 131 Å². The molecule has 2 unspecified atom stereocenters. The highest BCUT2D eigenvalue weighted by Crippen LogP contribution is 2.58. The van der Waals surface area contributed by atoms with Gasteiger partial charge in [0.1, 0.15) is 42.4 Å². The molecule has 6 heterocycles. The number of nitrogen functional groups attached to an aromatic ring is 1. The molecule has 58 heavy (non-hydrogen) atoms. The highest BCUT2D eigenvalue weighted by Gasteiger charge is 2.50. The van der Waals surface area contributed by atoms with Crippen LogP contribution in [0.15, 0.2) is 43.0 Å². The zero-order valence-corrected chi connectivity index (χ0v) is 33.8. The molecule has 1 amide bonds. The molecule has 0 spiro atoms. The molecule has 0 aliphatic carbocycles. The van der Waals surface area contributed by atoms with Gasteiger partial charge in [0.25, 0.3) is 20.0 Å². The summed E-state index contributed by atoms with van der Waals surface area (Å²) in [5, 5.41) is 42.5. The molecule has 2 saturated heterocycles. The van der Waals surface area contributed by atoms with Crippen molar-refractivity contribution in [2.45, 2.75) is 69.9 Å². The van der Waals surface area contributed by atoms with Gasteiger partial charge in [0, 0.05) is 6.07 Å². The van der Waals surface area contributed by atoms with Crippen LogP contribution in [0.3, 0.4) is 0 Å². The number of rotatable bonds is 16. The highest BCUT2D eigenvalue weighted by molar-refractivity contribution is 7.60. The van der Waals surface area contributed by atoms with E-state index in [1.807, 2.05) is 0 Å². The van der Waals surface area contributed by atoms with Crippen molar-refractivity contribution in [2.75, 3.05) is 38.6 Å². The lowest BCUT2D eigenvalue weighted by Crippen LogP contribution is -2.46. The monoisotopic (exact) mass is 874 g/mol. The average molecular weight is 875 g/mol. The van der Waals surface area contributed by atoms with Crippen LogP contribution in [0.2, 0.25) is 0 Å². The number of thiophene rings is 1. The van der Waals surface area contributed by atoms with Crippen molar-refractivity contribution in [3.8, 4) is 10.7 Å². The largest absolute Gasteiger partial charge is 0.756 e. The van der Waals surface area contributed by atoms with E-state index in [1.165, 1.54) is 59.4 Å². The lowest BCUT2D eigenvalue weighted by Gasteiger charge is -2.26. The number of phosphoric ester groups is 2. The van der Waals surface area contributed by atoms with Gasteiger partial charge in [0.15, 0.2) is 53.8 Å². The molecule has 0 aromatic carbocycles. The first kappa shape index (κ1) is 45.4. The SMILES string of the molecule is CCN(CC)CC.NC(=O)c1ccc[n+]([C@@H]2O[C@H](COP(=O)([O-])OP(=O)(O)OC[C@H]3O[C@@H](n4c(-c5ccc(C=O)s5)nc5c(N)ncnc54)[C@H](O)[C@@H]3O)[C@@H](O)[C@H]2O)c1. The van der Waals surface area contributed by atoms with Crippen LogP contribution in [0.1, 0.15) is 53.3 Å². The van der Waals surface area contributed by atoms with Gasteiger partial charge in [-0.2, -0.15) is 4.57 Å². The maximum absolute atomic E-state index is 12.6. The Kier molecular flexibility index (Phi) is 15.0. The smallest absolute Gasteiger partial charge is 0.478 e. The molecule has 9 N–H and O–H groups in total. The number of nitrogens with two attached hydrogens (primary N) is 2. The number of hydrogen-bond acceptors (Lipinski definition) is 20. The van der Waals surface area contributed by atoms with E-state index in [4.69, 9.17) is 25.5 Å². The number of ether oxygens (including phenoxy) is 2. The maximum Gasteiger partial charge on any atom is 0.478 e. The number of aliphatic hydroxyl groups is 4. The number of hydrogen-bond donors (Lipinski definition) is 7. The number of imidazole rings is 1. The van der Waals surface area contributed by atoms with E-state index in [1.54, 1.807) is 6.07 Å². The highest BCUT2D eigenvalue weighted by atomic mass is 32.1. The summed E-state index contributed by atoms with van der Waals surface area (Å²) >= 11 is 1.04. The fourth-order valence-corrected chi connectivity index (χ4v) is 8.91. The molecule has 0 bridgehead atoms. The van der Waals surface area contributed by atoms with Crippen LogP contribution in [0, 0.1) is 0 Å². The third kappa shape index (κ3) is 10.4. The molecule has 23 nitrogen and oxygen atoms in total. The van der Waals surface area contributed by atoms with E-state index < -0.39 is 83.8 Å².